The summed E-state index contributed by atoms with van der Waals surface area (Å²) in [4.78, 5) is 17.0. The second-order valence-corrected chi connectivity index (χ2v) is 9.22. The number of H-pyrrole nitrogens is 1. The summed E-state index contributed by atoms with van der Waals surface area (Å²) in [6.07, 6.45) is 0.877. The lowest BCUT2D eigenvalue weighted by atomic mass is 9.97. The highest BCUT2D eigenvalue weighted by Crippen LogP contribution is 2.36. The summed E-state index contributed by atoms with van der Waals surface area (Å²) >= 11 is 0. The summed E-state index contributed by atoms with van der Waals surface area (Å²) in [5.74, 6) is 0.678. The number of hydrogen-bond acceptors (Lipinski definition) is 6. The molecule has 3 heterocycles. The minimum atomic E-state index is -0.362. The van der Waals surface area contributed by atoms with Crippen molar-refractivity contribution >= 4 is 16.6 Å². The third-order valence-electron chi connectivity index (χ3n) is 6.05. The first kappa shape index (κ1) is 20.3. The van der Waals surface area contributed by atoms with Gasteiger partial charge in [-0.2, -0.15) is 0 Å². The van der Waals surface area contributed by atoms with Crippen molar-refractivity contribution in [3.8, 4) is 0 Å². The molecule has 1 N–H and O–H groups in total. The monoisotopic (exact) mass is 431 g/mol. The van der Waals surface area contributed by atoms with Gasteiger partial charge >= 0.3 is 0 Å². The van der Waals surface area contributed by atoms with Crippen LogP contribution in [0, 0.1) is 10.1 Å². The molecule has 4 aromatic rings. The predicted molar refractivity (Wildman–Crippen MR) is 120 cm³/mol. The molecule has 9 heteroatoms. The Balaban J connectivity index is 1.62. The molecule has 1 atom stereocenters. The van der Waals surface area contributed by atoms with Gasteiger partial charge in [-0.15, -0.1) is 5.10 Å². The fourth-order valence-corrected chi connectivity index (χ4v) is 4.61. The van der Waals surface area contributed by atoms with E-state index < -0.39 is 0 Å². The second-order valence-electron chi connectivity index (χ2n) is 9.22. The van der Waals surface area contributed by atoms with E-state index in [0.717, 1.165) is 24.0 Å². The number of rotatable bonds is 4. The number of nitrogens with zero attached hydrogens (tertiary/aromatic N) is 6. The number of aromatic nitrogens is 5. The maximum Gasteiger partial charge on any atom is 0.269 e. The molecule has 0 spiro atoms. The Morgan fingerprint density at radius 2 is 1.97 bits per heavy atom. The van der Waals surface area contributed by atoms with Crippen LogP contribution in [0.15, 0.2) is 48.5 Å². The molecule has 0 bridgehead atoms. The molecular weight excluding hydrogens is 406 g/mol. The predicted octanol–water partition coefficient (Wildman–Crippen LogP) is 3.97. The van der Waals surface area contributed by atoms with Gasteiger partial charge in [0.25, 0.3) is 5.69 Å². The smallest absolute Gasteiger partial charge is 0.269 e. The molecular formula is C23H25N7O2. The van der Waals surface area contributed by atoms with Crippen LogP contribution in [-0.2, 0) is 18.5 Å². The topological polar surface area (TPSA) is 106 Å². The Kier molecular flexibility index (Phi) is 4.78. The third kappa shape index (κ3) is 3.44. The van der Waals surface area contributed by atoms with E-state index in [4.69, 9.17) is 0 Å². The number of nitrogens with one attached hydrogen (secondary N) is 1. The molecule has 0 saturated carbocycles. The lowest BCUT2D eigenvalue weighted by Crippen LogP contribution is -2.38. The average Bonchev–Trinajstić information content (AvgIpc) is 3.39. The van der Waals surface area contributed by atoms with E-state index in [9.17, 15) is 10.1 Å². The van der Waals surface area contributed by atoms with Crippen LogP contribution in [0.25, 0.3) is 10.9 Å². The summed E-state index contributed by atoms with van der Waals surface area (Å²) < 4.78 is 1.82. The summed E-state index contributed by atoms with van der Waals surface area (Å²) in [6.45, 7) is 7.60. The van der Waals surface area contributed by atoms with Crippen LogP contribution in [0.2, 0.25) is 0 Å². The van der Waals surface area contributed by atoms with Crippen molar-refractivity contribution in [3.05, 3.63) is 81.3 Å². The fraction of sp³-hybridized carbons (Fsp3) is 0.348. The number of non-ortho nitro benzene ring substituents is 1. The van der Waals surface area contributed by atoms with Crippen molar-refractivity contribution in [3.63, 3.8) is 0 Å². The molecule has 1 aliphatic heterocycles. The normalized spacial score (nSPS) is 15.6. The van der Waals surface area contributed by atoms with Gasteiger partial charge in [0.15, 0.2) is 5.82 Å². The number of para-hydroxylation sites is 1. The standard InChI is InChI=1S/C23H25N7O2/c1-23(2,3)29-22(25-26-27-29)21(15-7-6-8-16(13-15)30(31)32)28-12-11-18-17-9-4-5-10-19(17)24-20(18)14-28/h4-10,13,21,24H,11-12,14H2,1-3H3. The molecule has 0 radical (unpaired) electrons. The lowest BCUT2D eigenvalue weighted by molar-refractivity contribution is -0.384. The molecule has 9 nitrogen and oxygen atoms in total. The highest BCUT2D eigenvalue weighted by molar-refractivity contribution is 5.84. The van der Waals surface area contributed by atoms with Crippen LogP contribution in [0.1, 0.15) is 49.5 Å². The second kappa shape index (κ2) is 7.52. The third-order valence-corrected chi connectivity index (χ3v) is 6.05. The molecule has 32 heavy (non-hydrogen) atoms. The van der Waals surface area contributed by atoms with E-state index in [1.807, 2.05) is 37.6 Å². The van der Waals surface area contributed by atoms with Crippen molar-refractivity contribution in [2.75, 3.05) is 6.54 Å². The number of fused-ring (bicyclic) bond motifs is 3. The minimum absolute atomic E-state index is 0.0607. The van der Waals surface area contributed by atoms with Crippen LogP contribution < -0.4 is 0 Å². The Bertz CT molecular complexity index is 1300. The van der Waals surface area contributed by atoms with E-state index in [1.54, 1.807) is 12.1 Å². The quantitative estimate of drug-likeness (QED) is 0.387. The van der Waals surface area contributed by atoms with Crippen LogP contribution in [0.4, 0.5) is 5.69 Å². The average molecular weight is 432 g/mol. The molecule has 1 unspecified atom stereocenters. The van der Waals surface area contributed by atoms with E-state index >= 15 is 0 Å². The molecule has 2 aromatic carbocycles. The van der Waals surface area contributed by atoms with E-state index in [2.05, 4.69) is 43.6 Å². The summed E-state index contributed by atoms with van der Waals surface area (Å²) in [5.41, 5.74) is 4.17. The lowest BCUT2D eigenvalue weighted by Gasteiger charge is -2.35. The maximum atomic E-state index is 11.5. The van der Waals surface area contributed by atoms with Crippen LogP contribution in [0.3, 0.4) is 0 Å². The van der Waals surface area contributed by atoms with Gasteiger partial charge in [-0.3, -0.25) is 15.0 Å². The van der Waals surface area contributed by atoms with Gasteiger partial charge in [-0.05, 0) is 54.8 Å². The largest absolute Gasteiger partial charge is 0.357 e. The van der Waals surface area contributed by atoms with E-state index in [0.29, 0.717) is 12.4 Å². The number of nitro groups is 1. The SMILES string of the molecule is CC(C)(C)n1nnnc1C(c1cccc([N+](=O)[O-])c1)N1CCc2c([nH]c3ccccc23)C1. The van der Waals surface area contributed by atoms with E-state index in [-0.39, 0.29) is 22.2 Å². The first-order valence-electron chi connectivity index (χ1n) is 10.7. The summed E-state index contributed by atoms with van der Waals surface area (Å²) in [7, 11) is 0. The highest BCUT2D eigenvalue weighted by Gasteiger charge is 2.34. The zero-order valence-electron chi connectivity index (χ0n) is 18.3. The first-order chi connectivity index (χ1) is 15.3. The Morgan fingerprint density at radius 3 is 2.75 bits per heavy atom. The van der Waals surface area contributed by atoms with Crippen molar-refractivity contribution < 1.29 is 4.92 Å². The molecule has 1 aliphatic rings. The van der Waals surface area contributed by atoms with Gasteiger partial charge in [0.2, 0.25) is 0 Å². The molecule has 2 aromatic heterocycles. The highest BCUT2D eigenvalue weighted by atomic mass is 16.6. The van der Waals surface area contributed by atoms with Crippen molar-refractivity contribution in [2.24, 2.45) is 0 Å². The molecule has 0 fully saturated rings. The Labute approximate surface area is 185 Å². The molecule has 5 rings (SSSR count). The molecule has 0 saturated heterocycles. The maximum absolute atomic E-state index is 11.5. The zero-order valence-corrected chi connectivity index (χ0v) is 18.3. The summed E-state index contributed by atoms with van der Waals surface area (Å²) in [6, 6.07) is 14.8. The minimum Gasteiger partial charge on any atom is -0.357 e. The number of tetrazole rings is 1. The number of hydrogen-bond donors (Lipinski definition) is 1. The molecule has 0 aliphatic carbocycles. The van der Waals surface area contributed by atoms with Crippen molar-refractivity contribution in [1.29, 1.82) is 0 Å². The van der Waals surface area contributed by atoms with Crippen molar-refractivity contribution in [1.82, 2.24) is 30.1 Å². The number of benzene rings is 2. The molecule has 164 valence electrons. The van der Waals surface area contributed by atoms with Crippen LogP contribution in [0.5, 0.6) is 0 Å². The van der Waals surface area contributed by atoms with Crippen LogP contribution in [-0.4, -0.2) is 41.6 Å². The van der Waals surface area contributed by atoms with Gasteiger partial charge in [0.1, 0.15) is 0 Å². The Morgan fingerprint density at radius 1 is 1.16 bits per heavy atom. The van der Waals surface area contributed by atoms with E-state index in [1.165, 1.54) is 22.7 Å². The zero-order chi connectivity index (χ0) is 22.5. The Hall–Kier alpha value is -3.59. The van der Waals surface area contributed by atoms with Gasteiger partial charge in [-0.25, -0.2) is 4.68 Å². The first-order valence-corrected chi connectivity index (χ1v) is 10.7. The van der Waals surface area contributed by atoms with Gasteiger partial charge < -0.3 is 4.98 Å². The number of aromatic amines is 1. The van der Waals surface area contributed by atoms with Crippen molar-refractivity contribution in [2.45, 2.75) is 45.3 Å². The van der Waals surface area contributed by atoms with Gasteiger partial charge in [0, 0.05) is 41.8 Å². The van der Waals surface area contributed by atoms with Gasteiger partial charge in [-0.1, -0.05) is 30.3 Å². The van der Waals surface area contributed by atoms with Gasteiger partial charge in [0.05, 0.1) is 16.5 Å². The fourth-order valence-electron chi connectivity index (χ4n) is 4.61. The number of nitro benzene ring substituents is 1. The van der Waals surface area contributed by atoms with Crippen LogP contribution >= 0.6 is 0 Å². The molecule has 0 amide bonds. The summed E-state index contributed by atoms with van der Waals surface area (Å²) in [5, 5.41) is 25.3.